The Morgan fingerprint density at radius 3 is 2.63 bits per heavy atom. The first-order chi connectivity index (χ1) is 9.16. The van der Waals surface area contributed by atoms with E-state index in [0.717, 1.165) is 12.7 Å². The molecule has 0 unspecified atom stereocenters. The Hall–Kier alpha value is -1.03. The van der Waals surface area contributed by atoms with E-state index in [1.54, 1.807) is 6.82 Å². The van der Waals surface area contributed by atoms with Crippen LogP contribution in [-0.4, -0.2) is 50.8 Å². The first-order valence-corrected chi connectivity index (χ1v) is 6.70. The van der Waals surface area contributed by atoms with Crippen LogP contribution in [0.5, 0.6) is 0 Å². The first kappa shape index (κ1) is 18.0. The van der Waals surface area contributed by atoms with Crippen molar-refractivity contribution in [3.63, 3.8) is 0 Å². The number of rotatable bonds is 12. The molecule has 0 aromatic rings. The first-order valence-electron chi connectivity index (χ1n) is 6.70. The molecule has 2 N–H and O–H groups in total. The van der Waals surface area contributed by atoms with Gasteiger partial charge in [0.1, 0.15) is 0 Å². The summed E-state index contributed by atoms with van der Waals surface area (Å²) in [6.07, 6.45) is 7.49. The summed E-state index contributed by atoms with van der Waals surface area (Å²) in [6, 6.07) is 0. The van der Waals surface area contributed by atoms with Gasteiger partial charge >= 0.3 is 0 Å². The molecule has 0 saturated carbocycles. The number of hydrogen-bond acceptors (Lipinski definition) is 4. The molecular formula is C13H24BNO4. The largest absolute Gasteiger partial charge is 0.451 e. The Morgan fingerprint density at radius 2 is 2.00 bits per heavy atom. The van der Waals surface area contributed by atoms with E-state index in [1.807, 2.05) is 0 Å². The summed E-state index contributed by atoms with van der Waals surface area (Å²) in [5, 5.41) is 11.7. The Balaban J connectivity index is 3.11. The van der Waals surface area contributed by atoms with Crippen molar-refractivity contribution in [2.75, 3.05) is 33.0 Å². The van der Waals surface area contributed by atoms with Crippen molar-refractivity contribution >= 4 is 12.8 Å². The number of carbonyl (C=O) groups excluding carboxylic acids is 1. The standard InChI is InChI=1S/C13H24BNO4/c1-3-4-6-13(16)15-8-10-19-12-11-18-9-5-7-14(2)17/h1,17H,4-12H2,2H3,(H,15,16). The summed E-state index contributed by atoms with van der Waals surface area (Å²) in [4.78, 5) is 11.2. The predicted octanol–water partition coefficient (Wildman–Crippen LogP) is 0.553. The fraction of sp³-hybridized carbons (Fsp3) is 0.769. The highest BCUT2D eigenvalue weighted by Gasteiger charge is 2.01. The predicted molar refractivity (Wildman–Crippen MR) is 76.0 cm³/mol. The van der Waals surface area contributed by atoms with Gasteiger partial charge in [0.15, 0.2) is 0 Å². The van der Waals surface area contributed by atoms with E-state index in [9.17, 15) is 4.79 Å². The molecule has 0 aromatic heterocycles. The molecule has 0 spiro atoms. The van der Waals surface area contributed by atoms with Gasteiger partial charge in [-0.25, -0.2) is 0 Å². The molecule has 0 aliphatic heterocycles. The van der Waals surface area contributed by atoms with Gasteiger partial charge in [0.2, 0.25) is 5.91 Å². The van der Waals surface area contributed by atoms with Gasteiger partial charge in [0.05, 0.1) is 19.8 Å². The van der Waals surface area contributed by atoms with Crippen LogP contribution in [0.25, 0.3) is 0 Å². The van der Waals surface area contributed by atoms with Gasteiger partial charge in [-0.15, -0.1) is 12.3 Å². The Kier molecular flexibility index (Phi) is 12.7. The van der Waals surface area contributed by atoms with Crippen LogP contribution in [-0.2, 0) is 14.3 Å². The SMILES string of the molecule is C#CCCC(=O)NCCOCCOCCCB(C)O. The van der Waals surface area contributed by atoms with Gasteiger partial charge in [-0.1, -0.05) is 6.82 Å². The van der Waals surface area contributed by atoms with Crippen molar-refractivity contribution in [2.45, 2.75) is 32.4 Å². The fourth-order valence-corrected chi connectivity index (χ4v) is 1.34. The third-order valence-corrected chi connectivity index (χ3v) is 2.35. The summed E-state index contributed by atoms with van der Waals surface area (Å²) in [5.74, 6) is 2.37. The summed E-state index contributed by atoms with van der Waals surface area (Å²) in [5.41, 5.74) is 0. The molecule has 0 rings (SSSR count). The van der Waals surface area contributed by atoms with Crippen LogP contribution in [0.1, 0.15) is 19.3 Å². The topological polar surface area (TPSA) is 67.8 Å². The molecule has 0 heterocycles. The number of amides is 1. The third kappa shape index (κ3) is 14.9. The fourth-order valence-electron chi connectivity index (χ4n) is 1.34. The summed E-state index contributed by atoms with van der Waals surface area (Å²) < 4.78 is 10.6. The van der Waals surface area contributed by atoms with Gasteiger partial charge in [0, 0.05) is 26.0 Å². The Morgan fingerprint density at radius 1 is 1.32 bits per heavy atom. The number of carbonyl (C=O) groups is 1. The molecule has 0 fully saturated rings. The molecule has 19 heavy (non-hydrogen) atoms. The van der Waals surface area contributed by atoms with Gasteiger partial charge in [-0.05, 0) is 12.7 Å². The lowest BCUT2D eigenvalue weighted by atomic mass is 9.67. The van der Waals surface area contributed by atoms with Crippen LogP contribution in [0.15, 0.2) is 0 Å². The zero-order chi connectivity index (χ0) is 14.3. The van der Waals surface area contributed by atoms with Gasteiger partial charge in [-0.2, -0.15) is 0 Å². The van der Waals surface area contributed by atoms with E-state index >= 15 is 0 Å². The molecule has 108 valence electrons. The lowest BCUT2D eigenvalue weighted by Crippen LogP contribution is -2.27. The molecule has 5 nitrogen and oxygen atoms in total. The van der Waals surface area contributed by atoms with E-state index < -0.39 is 0 Å². The maximum atomic E-state index is 11.2. The van der Waals surface area contributed by atoms with Crippen molar-refractivity contribution in [1.29, 1.82) is 0 Å². The van der Waals surface area contributed by atoms with E-state index in [0.29, 0.717) is 45.8 Å². The van der Waals surface area contributed by atoms with Crippen LogP contribution in [0.2, 0.25) is 13.1 Å². The maximum Gasteiger partial charge on any atom is 0.285 e. The minimum Gasteiger partial charge on any atom is -0.451 e. The quantitative estimate of drug-likeness (QED) is 0.308. The van der Waals surface area contributed by atoms with Gasteiger partial charge < -0.3 is 19.8 Å². The average Bonchev–Trinajstić information content (AvgIpc) is 2.38. The smallest absolute Gasteiger partial charge is 0.285 e. The van der Waals surface area contributed by atoms with E-state index in [-0.39, 0.29) is 12.8 Å². The highest BCUT2D eigenvalue weighted by Crippen LogP contribution is 1.94. The normalized spacial score (nSPS) is 9.95. The lowest BCUT2D eigenvalue weighted by Gasteiger charge is -2.07. The van der Waals surface area contributed by atoms with Crippen molar-refractivity contribution in [3.8, 4) is 12.3 Å². The molecular weight excluding hydrogens is 245 g/mol. The second kappa shape index (κ2) is 13.4. The average molecular weight is 269 g/mol. The van der Waals surface area contributed by atoms with E-state index in [4.69, 9.17) is 20.9 Å². The summed E-state index contributed by atoms with van der Waals surface area (Å²) in [7, 11) is 0. The zero-order valence-electron chi connectivity index (χ0n) is 11.7. The molecule has 0 saturated heterocycles. The molecule has 0 atom stereocenters. The van der Waals surface area contributed by atoms with Gasteiger partial charge in [0.25, 0.3) is 6.92 Å². The minimum absolute atomic E-state index is 0.0454. The highest BCUT2D eigenvalue weighted by molar-refractivity contribution is 6.48. The third-order valence-electron chi connectivity index (χ3n) is 2.35. The van der Waals surface area contributed by atoms with Crippen molar-refractivity contribution in [3.05, 3.63) is 0 Å². The van der Waals surface area contributed by atoms with Crippen LogP contribution in [0.4, 0.5) is 0 Å². The summed E-state index contributed by atoms with van der Waals surface area (Å²) in [6.45, 7) is 4.14. The molecule has 0 aromatic carbocycles. The second-order valence-corrected chi connectivity index (χ2v) is 4.27. The Labute approximate surface area is 116 Å². The number of ether oxygens (including phenoxy) is 2. The van der Waals surface area contributed by atoms with Crippen molar-refractivity contribution in [2.24, 2.45) is 0 Å². The monoisotopic (exact) mass is 269 g/mol. The molecule has 0 aliphatic rings. The minimum atomic E-state index is -0.266. The molecule has 0 bridgehead atoms. The van der Waals surface area contributed by atoms with Crippen LogP contribution >= 0.6 is 0 Å². The number of terminal acetylenes is 1. The maximum absolute atomic E-state index is 11.2. The van der Waals surface area contributed by atoms with Crippen molar-refractivity contribution in [1.82, 2.24) is 5.32 Å². The molecule has 6 heteroatoms. The number of hydrogen-bond donors (Lipinski definition) is 2. The van der Waals surface area contributed by atoms with E-state index in [1.165, 1.54) is 0 Å². The molecule has 1 amide bonds. The zero-order valence-corrected chi connectivity index (χ0v) is 11.7. The van der Waals surface area contributed by atoms with E-state index in [2.05, 4.69) is 11.2 Å². The van der Waals surface area contributed by atoms with Crippen molar-refractivity contribution < 1.29 is 19.3 Å². The highest BCUT2D eigenvalue weighted by atomic mass is 16.5. The lowest BCUT2D eigenvalue weighted by molar-refractivity contribution is -0.121. The Bertz CT molecular complexity index is 266. The molecule has 0 aliphatic carbocycles. The van der Waals surface area contributed by atoms with Crippen LogP contribution < -0.4 is 5.32 Å². The number of nitrogens with one attached hydrogen (secondary N) is 1. The molecule has 0 radical (unpaired) electrons. The van der Waals surface area contributed by atoms with Gasteiger partial charge in [-0.3, -0.25) is 4.79 Å². The van der Waals surface area contributed by atoms with Crippen LogP contribution in [0, 0.1) is 12.3 Å². The summed E-state index contributed by atoms with van der Waals surface area (Å²) >= 11 is 0. The second-order valence-electron chi connectivity index (χ2n) is 4.27. The van der Waals surface area contributed by atoms with Crippen LogP contribution in [0.3, 0.4) is 0 Å².